The SMILES string of the molecule is C[C@H](c1ccccc1)N1C[C@H]1C(N)=O. The molecule has 74 valence electrons. The van der Waals surface area contributed by atoms with Crippen molar-refractivity contribution in [2.75, 3.05) is 6.54 Å². The zero-order valence-electron chi connectivity index (χ0n) is 8.18. The van der Waals surface area contributed by atoms with Crippen LogP contribution in [0.1, 0.15) is 18.5 Å². The smallest absolute Gasteiger partial charge is 0.236 e. The molecule has 3 nitrogen and oxygen atoms in total. The molecule has 0 radical (unpaired) electrons. The van der Waals surface area contributed by atoms with Crippen molar-refractivity contribution < 1.29 is 4.79 Å². The van der Waals surface area contributed by atoms with Crippen LogP contribution in [0.3, 0.4) is 0 Å². The molecule has 0 bridgehead atoms. The van der Waals surface area contributed by atoms with Crippen molar-refractivity contribution in [3.63, 3.8) is 0 Å². The Balaban J connectivity index is 2.05. The molecule has 2 rings (SSSR count). The summed E-state index contributed by atoms with van der Waals surface area (Å²) >= 11 is 0. The fourth-order valence-electron chi connectivity index (χ4n) is 1.76. The minimum Gasteiger partial charge on any atom is -0.368 e. The Morgan fingerprint density at radius 1 is 1.50 bits per heavy atom. The zero-order valence-corrected chi connectivity index (χ0v) is 8.18. The molecule has 1 aromatic carbocycles. The molecule has 1 amide bonds. The number of primary amides is 1. The molecule has 1 unspecified atom stereocenters. The standard InChI is InChI=1S/C11H14N2O/c1-8(9-5-3-2-4-6-9)13-7-10(13)11(12)14/h2-6,8,10H,7H2,1H3,(H2,12,14)/t8-,10+,13?/m1/s1. The number of nitrogens with two attached hydrogens (primary N) is 1. The highest BCUT2D eigenvalue weighted by molar-refractivity contribution is 5.83. The minimum atomic E-state index is -0.215. The largest absolute Gasteiger partial charge is 0.368 e. The van der Waals surface area contributed by atoms with Gasteiger partial charge in [-0.3, -0.25) is 9.69 Å². The van der Waals surface area contributed by atoms with Crippen LogP contribution in [0, 0.1) is 0 Å². The van der Waals surface area contributed by atoms with Gasteiger partial charge in [0.25, 0.3) is 0 Å². The number of rotatable bonds is 3. The van der Waals surface area contributed by atoms with Crippen LogP contribution in [0.25, 0.3) is 0 Å². The van der Waals surface area contributed by atoms with Crippen molar-refractivity contribution in [1.82, 2.24) is 4.90 Å². The highest BCUT2D eigenvalue weighted by atomic mass is 16.1. The van der Waals surface area contributed by atoms with Crippen molar-refractivity contribution in [2.45, 2.75) is 19.0 Å². The normalized spacial score (nSPS) is 26.9. The molecule has 0 spiro atoms. The number of carbonyl (C=O) groups is 1. The van der Waals surface area contributed by atoms with Crippen molar-refractivity contribution in [1.29, 1.82) is 0 Å². The number of benzene rings is 1. The van der Waals surface area contributed by atoms with Gasteiger partial charge in [0.2, 0.25) is 5.91 Å². The number of hydrogen-bond acceptors (Lipinski definition) is 2. The number of hydrogen-bond donors (Lipinski definition) is 1. The van der Waals surface area contributed by atoms with Crippen LogP contribution in [-0.2, 0) is 4.79 Å². The molecule has 3 heteroatoms. The van der Waals surface area contributed by atoms with Crippen molar-refractivity contribution in [3.05, 3.63) is 35.9 Å². The predicted octanol–water partition coefficient (Wildman–Crippen LogP) is 0.917. The fraction of sp³-hybridized carbons (Fsp3) is 0.364. The second-order valence-corrected chi connectivity index (χ2v) is 3.70. The maximum absolute atomic E-state index is 10.9. The van der Waals surface area contributed by atoms with E-state index in [4.69, 9.17) is 5.73 Å². The summed E-state index contributed by atoms with van der Waals surface area (Å²) in [4.78, 5) is 13.0. The van der Waals surface area contributed by atoms with E-state index in [1.165, 1.54) is 5.56 Å². The Hall–Kier alpha value is -1.35. The van der Waals surface area contributed by atoms with Crippen molar-refractivity contribution >= 4 is 5.91 Å². The summed E-state index contributed by atoms with van der Waals surface area (Å²) in [7, 11) is 0. The van der Waals surface area contributed by atoms with Crippen LogP contribution in [0.15, 0.2) is 30.3 Å². The number of nitrogens with zero attached hydrogens (tertiary/aromatic N) is 1. The molecule has 0 aromatic heterocycles. The molecule has 14 heavy (non-hydrogen) atoms. The Kier molecular flexibility index (Phi) is 2.25. The first-order valence-corrected chi connectivity index (χ1v) is 4.80. The highest BCUT2D eigenvalue weighted by Crippen LogP contribution is 2.31. The second kappa shape index (κ2) is 3.42. The Morgan fingerprint density at radius 2 is 2.14 bits per heavy atom. The van der Waals surface area contributed by atoms with E-state index in [2.05, 4.69) is 24.0 Å². The van der Waals surface area contributed by atoms with Gasteiger partial charge >= 0.3 is 0 Å². The third-order valence-electron chi connectivity index (χ3n) is 2.76. The lowest BCUT2D eigenvalue weighted by molar-refractivity contribution is -0.118. The molecule has 0 aliphatic carbocycles. The third-order valence-corrected chi connectivity index (χ3v) is 2.76. The molecule has 1 aliphatic heterocycles. The maximum atomic E-state index is 10.9. The highest BCUT2D eigenvalue weighted by Gasteiger charge is 2.42. The van der Waals surface area contributed by atoms with Gasteiger partial charge in [-0.15, -0.1) is 0 Å². The van der Waals surface area contributed by atoms with E-state index in [0.29, 0.717) is 0 Å². The monoisotopic (exact) mass is 190 g/mol. The minimum absolute atomic E-state index is 0.0507. The molecule has 0 saturated carbocycles. The number of amides is 1. The van der Waals surface area contributed by atoms with Gasteiger partial charge in [-0.05, 0) is 12.5 Å². The van der Waals surface area contributed by atoms with Gasteiger partial charge in [0, 0.05) is 12.6 Å². The van der Waals surface area contributed by atoms with E-state index >= 15 is 0 Å². The first kappa shape index (κ1) is 9.21. The van der Waals surface area contributed by atoms with Crippen LogP contribution in [-0.4, -0.2) is 23.4 Å². The average molecular weight is 190 g/mol. The summed E-state index contributed by atoms with van der Waals surface area (Å²) in [5, 5.41) is 0. The molecule has 1 aliphatic rings. The van der Waals surface area contributed by atoms with E-state index in [1.54, 1.807) is 0 Å². The summed E-state index contributed by atoms with van der Waals surface area (Å²) < 4.78 is 0. The maximum Gasteiger partial charge on any atom is 0.236 e. The van der Waals surface area contributed by atoms with Gasteiger partial charge in [-0.2, -0.15) is 0 Å². The van der Waals surface area contributed by atoms with Gasteiger partial charge in [-0.25, -0.2) is 0 Å². The molecular formula is C11H14N2O. The van der Waals surface area contributed by atoms with Gasteiger partial charge < -0.3 is 5.73 Å². The lowest BCUT2D eigenvalue weighted by Gasteiger charge is -2.13. The first-order valence-electron chi connectivity index (χ1n) is 4.80. The summed E-state index contributed by atoms with van der Waals surface area (Å²) in [5.74, 6) is -0.215. The van der Waals surface area contributed by atoms with Crippen LogP contribution in [0.2, 0.25) is 0 Å². The molecule has 2 N–H and O–H groups in total. The Labute approximate surface area is 83.5 Å². The van der Waals surface area contributed by atoms with E-state index in [1.807, 2.05) is 18.2 Å². The summed E-state index contributed by atoms with van der Waals surface area (Å²) in [6.07, 6.45) is 0. The van der Waals surface area contributed by atoms with Crippen molar-refractivity contribution in [3.8, 4) is 0 Å². The topological polar surface area (TPSA) is 46.1 Å². The quantitative estimate of drug-likeness (QED) is 0.720. The lowest BCUT2D eigenvalue weighted by atomic mass is 10.1. The third kappa shape index (κ3) is 1.63. The fourth-order valence-corrected chi connectivity index (χ4v) is 1.76. The van der Waals surface area contributed by atoms with E-state index in [-0.39, 0.29) is 18.0 Å². The first-order chi connectivity index (χ1) is 6.70. The summed E-state index contributed by atoms with van der Waals surface area (Å²) in [6, 6.07) is 10.4. The van der Waals surface area contributed by atoms with Crippen LogP contribution >= 0.6 is 0 Å². The zero-order chi connectivity index (χ0) is 10.1. The molecule has 1 saturated heterocycles. The predicted molar refractivity (Wildman–Crippen MR) is 54.5 cm³/mol. The molecule has 1 aromatic rings. The van der Waals surface area contributed by atoms with Crippen LogP contribution in [0.5, 0.6) is 0 Å². The second-order valence-electron chi connectivity index (χ2n) is 3.70. The summed E-state index contributed by atoms with van der Waals surface area (Å²) in [6.45, 7) is 2.89. The van der Waals surface area contributed by atoms with Gasteiger partial charge in [0.1, 0.15) is 6.04 Å². The van der Waals surface area contributed by atoms with Crippen LogP contribution < -0.4 is 5.73 Å². The van der Waals surface area contributed by atoms with E-state index in [9.17, 15) is 4.79 Å². The molecule has 1 fully saturated rings. The molecule has 3 atom stereocenters. The van der Waals surface area contributed by atoms with Gasteiger partial charge in [0.05, 0.1) is 0 Å². The van der Waals surface area contributed by atoms with Gasteiger partial charge in [0.15, 0.2) is 0 Å². The lowest BCUT2D eigenvalue weighted by Crippen LogP contribution is -2.22. The van der Waals surface area contributed by atoms with E-state index in [0.717, 1.165) is 6.54 Å². The summed E-state index contributed by atoms with van der Waals surface area (Å²) in [5.41, 5.74) is 6.46. The Morgan fingerprint density at radius 3 is 2.64 bits per heavy atom. The molecule has 1 heterocycles. The van der Waals surface area contributed by atoms with Crippen molar-refractivity contribution in [2.24, 2.45) is 5.73 Å². The average Bonchev–Trinajstić information content (AvgIpc) is 2.97. The van der Waals surface area contributed by atoms with E-state index < -0.39 is 0 Å². The van der Waals surface area contributed by atoms with Gasteiger partial charge in [-0.1, -0.05) is 30.3 Å². The van der Waals surface area contributed by atoms with Crippen LogP contribution in [0.4, 0.5) is 0 Å². The number of carbonyl (C=O) groups excluding carboxylic acids is 1. The molecular weight excluding hydrogens is 176 g/mol. The Bertz CT molecular complexity index is 336.